The molecular weight excluding hydrogens is 383 g/mol. The molecule has 30 heavy (non-hydrogen) atoms. The van der Waals surface area contributed by atoms with Crippen molar-refractivity contribution >= 4 is 23.2 Å². The van der Waals surface area contributed by atoms with Gasteiger partial charge >= 0.3 is 0 Å². The van der Waals surface area contributed by atoms with E-state index in [-0.39, 0.29) is 5.91 Å². The van der Waals surface area contributed by atoms with E-state index in [1.54, 1.807) is 30.3 Å². The van der Waals surface area contributed by atoms with Crippen LogP contribution in [0.4, 0.5) is 15.8 Å². The Morgan fingerprint density at radius 1 is 0.800 bits per heavy atom. The van der Waals surface area contributed by atoms with Crippen LogP contribution >= 0.6 is 0 Å². The Kier molecular flexibility index (Phi) is 4.37. The van der Waals surface area contributed by atoms with Crippen molar-refractivity contribution in [2.75, 3.05) is 9.96 Å². The summed E-state index contributed by atoms with van der Waals surface area (Å²) in [4.78, 5) is 33.8. The standard InChI is InChI=1S/C24H19FN2O3/c1-15-11-13-16(14-12-15)26-23(28)20-21(18-9-5-6-10-19(18)25)27(30-22(20)24(26)29)17-7-3-2-4-8-17/h2-14,20-22H,1H3/t20-,21-,22+/m0/s1. The molecular formula is C24H19FN2O3. The van der Waals surface area contributed by atoms with Gasteiger partial charge in [0.05, 0.1) is 17.4 Å². The van der Waals surface area contributed by atoms with Gasteiger partial charge in [-0.1, -0.05) is 54.1 Å². The summed E-state index contributed by atoms with van der Waals surface area (Å²) in [7, 11) is 0. The highest BCUT2D eigenvalue weighted by molar-refractivity contribution is 6.23. The number of amides is 2. The molecule has 0 bridgehead atoms. The molecule has 0 N–H and O–H groups in total. The van der Waals surface area contributed by atoms with Crippen molar-refractivity contribution < 1.29 is 18.8 Å². The van der Waals surface area contributed by atoms with Crippen molar-refractivity contribution in [3.05, 3.63) is 95.8 Å². The molecule has 0 radical (unpaired) electrons. The average molecular weight is 402 g/mol. The molecule has 0 spiro atoms. The second-order valence-corrected chi connectivity index (χ2v) is 7.53. The number of carbonyl (C=O) groups is 2. The van der Waals surface area contributed by atoms with Gasteiger partial charge in [0, 0.05) is 5.56 Å². The Labute approximate surface area is 173 Å². The molecule has 150 valence electrons. The quantitative estimate of drug-likeness (QED) is 0.617. The number of halogens is 1. The zero-order valence-electron chi connectivity index (χ0n) is 16.2. The Morgan fingerprint density at radius 3 is 2.17 bits per heavy atom. The molecule has 2 aliphatic rings. The summed E-state index contributed by atoms with van der Waals surface area (Å²) in [6.45, 7) is 1.93. The summed E-state index contributed by atoms with van der Waals surface area (Å²) in [6.07, 6.45) is -1.01. The molecule has 2 amide bonds. The number of hydrogen-bond acceptors (Lipinski definition) is 4. The molecule has 3 aromatic rings. The van der Waals surface area contributed by atoms with Crippen molar-refractivity contribution in [1.29, 1.82) is 0 Å². The molecule has 3 aromatic carbocycles. The predicted octanol–water partition coefficient (Wildman–Crippen LogP) is 4.19. The van der Waals surface area contributed by atoms with E-state index in [0.29, 0.717) is 16.9 Å². The number of fused-ring (bicyclic) bond motifs is 1. The predicted molar refractivity (Wildman–Crippen MR) is 110 cm³/mol. The highest BCUT2D eigenvalue weighted by Crippen LogP contribution is 2.48. The molecule has 0 aliphatic carbocycles. The Bertz CT molecular complexity index is 1120. The number of carbonyl (C=O) groups excluding carboxylic acids is 2. The van der Waals surface area contributed by atoms with E-state index in [2.05, 4.69) is 0 Å². The van der Waals surface area contributed by atoms with Gasteiger partial charge < -0.3 is 0 Å². The monoisotopic (exact) mass is 402 g/mol. The van der Waals surface area contributed by atoms with Crippen LogP contribution in [0.5, 0.6) is 0 Å². The highest BCUT2D eigenvalue weighted by atomic mass is 19.1. The Balaban J connectivity index is 1.60. The van der Waals surface area contributed by atoms with Gasteiger partial charge in [0.25, 0.3) is 5.91 Å². The van der Waals surface area contributed by atoms with Crippen LogP contribution in [0.1, 0.15) is 17.2 Å². The van der Waals surface area contributed by atoms with Gasteiger partial charge in [-0.05, 0) is 37.3 Å². The normalized spacial score (nSPS) is 23.2. The zero-order valence-corrected chi connectivity index (χ0v) is 16.2. The SMILES string of the molecule is Cc1ccc(N2C(=O)[C@@H]3[C@@H](ON(c4ccccc4)[C@H]3c3ccccc3F)C2=O)cc1. The average Bonchev–Trinajstić information content (AvgIpc) is 3.26. The van der Waals surface area contributed by atoms with Gasteiger partial charge in [-0.15, -0.1) is 0 Å². The van der Waals surface area contributed by atoms with Crippen LogP contribution in [-0.2, 0) is 14.4 Å². The van der Waals surface area contributed by atoms with Crippen molar-refractivity contribution in [3.8, 4) is 0 Å². The summed E-state index contributed by atoms with van der Waals surface area (Å²) in [6, 6.07) is 21.8. The summed E-state index contributed by atoms with van der Waals surface area (Å²) in [5.74, 6) is -2.12. The first-order chi connectivity index (χ1) is 14.6. The number of hydroxylamine groups is 1. The van der Waals surface area contributed by atoms with E-state index in [1.807, 2.05) is 49.4 Å². The minimum absolute atomic E-state index is 0.320. The van der Waals surface area contributed by atoms with E-state index in [0.717, 1.165) is 10.5 Å². The maximum atomic E-state index is 14.8. The van der Waals surface area contributed by atoms with E-state index in [1.165, 1.54) is 11.1 Å². The number of para-hydroxylation sites is 1. The van der Waals surface area contributed by atoms with Gasteiger partial charge in [0.1, 0.15) is 11.7 Å². The van der Waals surface area contributed by atoms with E-state index >= 15 is 0 Å². The van der Waals surface area contributed by atoms with E-state index < -0.39 is 29.8 Å². The van der Waals surface area contributed by atoms with Crippen LogP contribution < -0.4 is 9.96 Å². The Hall–Kier alpha value is -3.51. The lowest BCUT2D eigenvalue weighted by atomic mass is 9.90. The van der Waals surface area contributed by atoms with Crippen LogP contribution in [0.25, 0.3) is 0 Å². The van der Waals surface area contributed by atoms with Crippen LogP contribution in [0.3, 0.4) is 0 Å². The third-order valence-corrected chi connectivity index (χ3v) is 5.64. The van der Waals surface area contributed by atoms with Gasteiger partial charge in [-0.25, -0.2) is 14.4 Å². The fraction of sp³-hybridized carbons (Fsp3) is 0.167. The van der Waals surface area contributed by atoms with Gasteiger partial charge in [-0.3, -0.25) is 14.4 Å². The number of aryl methyl sites for hydroxylation is 1. The lowest BCUT2D eigenvalue weighted by molar-refractivity contribution is -0.126. The minimum Gasteiger partial charge on any atom is -0.273 e. The molecule has 2 fully saturated rings. The highest BCUT2D eigenvalue weighted by Gasteiger charge is 2.60. The molecule has 5 rings (SSSR count). The summed E-state index contributed by atoms with van der Waals surface area (Å²) < 4.78 is 14.8. The van der Waals surface area contributed by atoms with Crippen LogP contribution in [0.2, 0.25) is 0 Å². The number of anilines is 2. The topological polar surface area (TPSA) is 49.9 Å². The molecule has 2 saturated heterocycles. The number of imide groups is 1. The van der Waals surface area contributed by atoms with Crippen LogP contribution in [0.15, 0.2) is 78.9 Å². The second kappa shape index (κ2) is 7.07. The third-order valence-electron chi connectivity index (χ3n) is 5.64. The lowest BCUT2D eigenvalue weighted by Gasteiger charge is -2.29. The lowest BCUT2D eigenvalue weighted by Crippen LogP contribution is -2.37. The third kappa shape index (κ3) is 2.80. The molecule has 0 aromatic heterocycles. The number of hydrogen-bond donors (Lipinski definition) is 0. The van der Waals surface area contributed by atoms with Gasteiger partial charge in [0.15, 0.2) is 6.10 Å². The second-order valence-electron chi connectivity index (χ2n) is 7.53. The van der Waals surface area contributed by atoms with Gasteiger partial charge in [0.2, 0.25) is 5.91 Å². The molecule has 5 nitrogen and oxygen atoms in total. The van der Waals surface area contributed by atoms with Gasteiger partial charge in [-0.2, -0.15) is 0 Å². The van der Waals surface area contributed by atoms with Crippen LogP contribution in [0, 0.1) is 18.7 Å². The number of nitrogens with zero attached hydrogens (tertiary/aromatic N) is 2. The molecule has 2 aliphatic heterocycles. The smallest absolute Gasteiger partial charge is 0.266 e. The fourth-order valence-corrected chi connectivity index (χ4v) is 4.19. The summed E-state index contributed by atoms with van der Waals surface area (Å²) >= 11 is 0. The minimum atomic E-state index is -1.01. The van der Waals surface area contributed by atoms with E-state index in [4.69, 9.17) is 4.84 Å². The maximum Gasteiger partial charge on any atom is 0.266 e. The van der Waals surface area contributed by atoms with Crippen molar-refractivity contribution in [1.82, 2.24) is 0 Å². The zero-order chi connectivity index (χ0) is 20.8. The molecule has 2 heterocycles. The van der Waals surface area contributed by atoms with Crippen LogP contribution in [-0.4, -0.2) is 17.9 Å². The molecule has 0 saturated carbocycles. The first kappa shape index (κ1) is 18.5. The first-order valence-corrected chi connectivity index (χ1v) is 9.76. The largest absolute Gasteiger partial charge is 0.273 e. The Morgan fingerprint density at radius 2 is 1.47 bits per heavy atom. The fourth-order valence-electron chi connectivity index (χ4n) is 4.19. The summed E-state index contributed by atoms with van der Waals surface area (Å²) in [5, 5.41) is 1.50. The van der Waals surface area contributed by atoms with Crippen molar-refractivity contribution in [2.45, 2.75) is 19.1 Å². The van der Waals surface area contributed by atoms with E-state index in [9.17, 15) is 14.0 Å². The van der Waals surface area contributed by atoms with Crippen molar-refractivity contribution in [3.63, 3.8) is 0 Å². The number of rotatable bonds is 3. The maximum absolute atomic E-state index is 14.8. The molecule has 0 unspecified atom stereocenters. The number of benzene rings is 3. The first-order valence-electron chi connectivity index (χ1n) is 9.76. The molecule has 3 atom stereocenters. The van der Waals surface area contributed by atoms with Crippen molar-refractivity contribution in [2.24, 2.45) is 5.92 Å². The summed E-state index contributed by atoms with van der Waals surface area (Å²) in [5.41, 5.74) is 2.49. The molecule has 6 heteroatoms.